The molecule has 1 aliphatic rings. The van der Waals surface area contributed by atoms with Crippen molar-refractivity contribution in [3.8, 4) is 0 Å². The van der Waals surface area contributed by atoms with E-state index in [2.05, 4.69) is 9.98 Å². The molecular weight excluding hydrogens is 567 g/mol. The SMILES string of the molecule is O=C=C1C(=C=O)C(c2ncccc2C(F)(F)F)=NC(S(=O)(=O)[O-])C1=C=O.[Re]. The molecule has 0 N–H and O–H groups in total. The van der Waals surface area contributed by atoms with Crippen LogP contribution in [0.1, 0.15) is 11.3 Å². The summed E-state index contributed by atoms with van der Waals surface area (Å²) in [5.41, 5.74) is -6.70. The summed E-state index contributed by atoms with van der Waals surface area (Å²) in [6.45, 7) is 0. The van der Waals surface area contributed by atoms with Crippen LogP contribution in [0.15, 0.2) is 40.0 Å². The fourth-order valence-corrected chi connectivity index (χ4v) is 2.83. The molecule has 13 heteroatoms. The van der Waals surface area contributed by atoms with Gasteiger partial charge in [-0.05, 0) is 12.1 Å². The second-order valence-corrected chi connectivity index (χ2v) is 6.12. The monoisotopic (exact) mass is 572 g/mol. The minimum Gasteiger partial charge on any atom is -0.746 e. The zero-order valence-electron chi connectivity index (χ0n) is 12.6. The summed E-state index contributed by atoms with van der Waals surface area (Å²) in [5, 5.41) is -2.59. The van der Waals surface area contributed by atoms with E-state index in [1.807, 2.05) is 0 Å². The smallest absolute Gasteiger partial charge is 0.418 e. The number of hydrogen-bond acceptors (Lipinski definition) is 8. The Labute approximate surface area is 162 Å². The second-order valence-electron chi connectivity index (χ2n) is 4.69. The summed E-state index contributed by atoms with van der Waals surface area (Å²) in [4.78, 5) is 39.8. The number of aromatic nitrogens is 1. The molecule has 0 aliphatic carbocycles. The first-order valence-corrected chi connectivity index (χ1v) is 7.84. The topological polar surface area (TPSA) is 134 Å². The Morgan fingerprint density at radius 3 is 2.11 bits per heavy atom. The van der Waals surface area contributed by atoms with E-state index < -0.39 is 55.4 Å². The van der Waals surface area contributed by atoms with Gasteiger partial charge in [0.2, 0.25) is 0 Å². The van der Waals surface area contributed by atoms with Crippen molar-refractivity contribution in [3.05, 3.63) is 46.3 Å². The number of alkyl halides is 3. The van der Waals surface area contributed by atoms with Crippen molar-refractivity contribution in [1.29, 1.82) is 0 Å². The van der Waals surface area contributed by atoms with Crippen LogP contribution in [0.4, 0.5) is 13.2 Å². The zero-order valence-corrected chi connectivity index (χ0v) is 16.1. The van der Waals surface area contributed by atoms with Gasteiger partial charge in [0.05, 0.1) is 16.7 Å². The van der Waals surface area contributed by atoms with Crippen molar-refractivity contribution in [1.82, 2.24) is 4.98 Å². The summed E-state index contributed by atoms with van der Waals surface area (Å²) >= 11 is 0. The van der Waals surface area contributed by atoms with Gasteiger partial charge < -0.3 is 4.55 Å². The second kappa shape index (κ2) is 8.05. The summed E-state index contributed by atoms with van der Waals surface area (Å²) < 4.78 is 73.4. The number of nitrogens with zero attached hydrogens (tertiary/aromatic N) is 2. The predicted octanol–water partition coefficient (Wildman–Crippen LogP) is 0.0459. The number of pyridine rings is 1. The van der Waals surface area contributed by atoms with Gasteiger partial charge in [0.1, 0.15) is 44.9 Å². The minimum absolute atomic E-state index is 0. The average molecular weight is 571 g/mol. The zero-order chi connectivity index (χ0) is 19.7. The molecule has 2 heterocycles. The van der Waals surface area contributed by atoms with E-state index >= 15 is 0 Å². The third-order valence-electron chi connectivity index (χ3n) is 3.17. The van der Waals surface area contributed by atoms with Crippen LogP contribution in [0.3, 0.4) is 0 Å². The van der Waals surface area contributed by atoms with Crippen LogP contribution in [-0.2, 0) is 51.1 Å². The van der Waals surface area contributed by atoms with E-state index in [9.17, 15) is 40.5 Å². The molecule has 2 rings (SSSR count). The van der Waals surface area contributed by atoms with Crippen molar-refractivity contribution in [3.63, 3.8) is 0 Å². The third-order valence-corrected chi connectivity index (χ3v) is 4.06. The first kappa shape index (κ1) is 22.6. The summed E-state index contributed by atoms with van der Waals surface area (Å²) in [6.07, 6.45) is -4.11. The van der Waals surface area contributed by atoms with Gasteiger partial charge >= 0.3 is 6.18 Å². The third kappa shape index (κ3) is 4.27. The molecule has 1 aliphatic heterocycles. The Morgan fingerprint density at radius 2 is 1.67 bits per heavy atom. The largest absolute Gasteiger partial charge is 0.746 e. The molecule has 0 aromatic carbocycles. The maximum Gasteiger partial charge on any atom is 0.418 e. The maximum absolute atomic E-state index is 13.2. The fraction of sp³-hybridized carbons (Fsp3) is 0.143. The van der Waals surface area contributed by atoms with E-state index in [1.54, 1.807) is 0 Å². The average Bonchev–Trinajstić information content (AvgIpc) is 2.57. The molecule has 0 amide bonds. The van der Waals surface area contributed by atoms with Crippen LogP contribution in [0, 0.1) is 0 Å². The molecule has 0 saturated heterocycles. The van der Waals surface area contributed by atoms with E-state index in [-0.39, 0.29) is 20.4 Å². The fourth-order valence-electron chi connectivity index (χ4n) is 2.14. The van der Waals surface area contributed by atoms with Gasteiger partial charge in [-0.1, -0.05) is 0 Å². The Balaban J connectivity index is 0.00000364. The Kier molecular flexibility index (Phi) is 6.73. The number of rotatable bonds is 2. The van der Waals surface area contributed by atoms with Crippen molar-refractivity contribution >= 4 is 33.7 Å². The molecule has 1 atom stereocenters. The van der Waals surface area contributed by atoms with Gasteiger partial charge in [0.15, 0.2) is 5.37 Å². The van der Waals surface area contributed by atoms with Crippen LogP contribution in [0.2, 0.25) is 0 Å². The molecule has 8 nitrogen and oxygen atoms in total. The number of hydrogen-bond donors (Lipinski definition) is 0. The molecule has 0 spiro atoms. The van der Waals surface area contributed by atoms with Gasteiger partial charge in [-0.25, -0.2) is 22.8 Å². The molecule has 141 valence electrons. The van der Waals surface area contributed by atoms with Crippen molar-refractivity contribution in [2.75, 3.05) is 0 Å². The summed E-state index contributed by atoms with van der Waals surface area (Å²) in [5.74, 6) is 3.12. The van der Waals surface area contributed by atoms with Crippen molar-refractivity contribution in [2.24, 2.45) is 4.99 Å². The molecule has 27 heavy (non-hydrogen) atoms. The maximum atomic E-state index is 13.2. The Bertz CT molecular complexity index is 1080. The van der Waals surface area contributed by atoms with Gasteiger partial charge in [-0.2, -0.15) is 13.2 Å². The molecule has 1 radical (unpaired) electrons. The first-order chi connectivity index (χ1) is 12.1. The molecule has 0 fully saturated rings. The minimum atomic E-state index is -5.44. The van der Waals surface area contributed by atoms with Crippen molar-refractivity contribution in [2.45, 2.75) is 11.6 Å². The Hall–Kier alpha value is -2.47. The van der Waals surface area contributed by atoms with Crippen LogP contribution in [0.25, 0.3) is 0 Å². The Morgan fingerprint density at radius 1 is 1.07 bits per heavy atom. The summed E-state index contributed by atoms with van der Waals surface area (Å²) in [6, 6.07) is 1.47. The van der Waals surface area contributed by atoms with Crippen molar-refractivity contribution < 1.29 is 60.9 Å². The standard InChI is InChI=1S/C14H5F3N2O6S.Re/c15-14(16,17)10-2-1-3-18-12(10)11-8(5-21)7(4-20)9(6-22)13(19-11)26(23,24)25;/h1-3,13H,(H,23,24,25);/p-1. The van der Waals surface area contributed by atoms with Crippen LogP contribution in [-0.4, -0.2) is 46.9 Å². The first-order valence-electron chi connectivity index (χ1n) is 6.37. The van der Waals surface area contributed by atoms with Crippen LogP contribution >= 0.6 is 0 Å². The number of allylic oxidation sites excluding steroid dienone is 1. The molecular formula is C14H4F3N2O6ReS-. The molecule has 1 unspecified atom stereocenters. The van der Waals surface area contributed by atoms with Gasteiger partial charge in [0, 0.05) is 26.6 Å². The van der Waals surface area contributed by atoms with E-state index in [0.29, 0.717) is 6.07 Å². The summed E-state index contributed by atoms with van der Waals surface area (Å²) in [7, 11) is -5.44. The number of carbonyl (C=O) groups excluding carboxylic acids is 3. The quantitative estimate of drug-likeness (QED) is 0.362. The normalized spacial score (nSPS) is 17.3. The van der Waals surface area contributed by atoms with Gasteiger partial charge in [-0.3, -0.25) is 9.98 Å². The molecule has 0 bridgehead atoms. The van der Waals surface area contributed by atoms with E-state index in [0.717, 1.165) is 30.1 Å². The van der Waals surface area contributed by atoms with Gasteiger partial charge in [-0.15, -0.1) is 0 Å². The number of aliphatic imine (C=N–C) groups is 1. The van der Waals surface area contributed by atoms with Crippen LogP contribution < -0.4 is 0 Å². The molecule has 1 aromatic rings. The van der Waals surface area contributed by atoms with Crippen LogP contribution in [0.5, 0.6) is 0 Å². The molecule has 0 saturated carbocycles. The van der Waals surface area contributed by atoms with E-state index in [4.69, 9.17) is 0 Å². The van der Waals surface area contributed by atoms with E-state index in [1.165, 1.54) is 0 Å². The number of halogens is 3. The predicted molar refractivity (Wildman–Crippen MR) is 76.9 cm³/mol. The van der Waals surface area contributed by atoms with Gasteiger partial charge in [0.25, 0.3) is 0 Å². The molecule has 1 aromatic heterocycles.